The second-order valence-corrected chi connectivity index (χ2v) is 4.99. The number of methoxy groups -OCH3 is 1. The van der Waals surface area contributed by atoms with Gasteiger partial charge in [0.05, 0.1) is 0 Å². The summed E-state index contributed by atoms with van der Waals surface area (Å²) >= 11 is 1.83. The topological polar surface area (TPSA) is 21.3 Å². The van der Waals surface area contributed by atoms with E-state index in [9.17, 15) is 0 Å². The summed E-state index contributed by atoms with van der Waals surface area (Å²) < 4.78 is 5.07. The third-order valence-corrected chi connectivity index (χ3v) is 3.79. The van der Waals surface area contributed by atoms with Gasteiger partial charge in [-0.25, -0.2) is 0 Å². The molecule has 15 heavy (non-hydrogen) atoms. The average Bonchev–Trinajstić information content (AvgIpc) is 2.61. The van der Waals surface area contributed by atoms with Crippen molar-refractivity contribution in [3.05, 3.63) is 21.9 Å². The molecule has 0 fully saturated rings. The lowest BCUT2D eigenvalue weighted by Gasteiger charge is -2.19. The van der Waals surface area contributed by atoms with Crippen molar-refractivity contribution in [2.45, 2.75) is 39.3 Å². The van der Waals surface area contributed by atoms with Gasteiger partial charge >= 0.3 is 0 Å². The molecular weight excluding hydrogens is 206 g/mol. The molecular formula is C12H21NOS. The number of ether oxygens (including phenoxy) is 1. The maximum Gasteiger partial charge on any atom is 0.0476 e. The maximum atomic E-state index is 5.07. The number of nitrogens with one attached hydrogen (secondary N) is 1. The molecule has 0 bridgehead atoms. The van der Waals surface area contributed by atoms with Gasteiger partial charge in [0, 0.05) is 30.7 Å². The molecule has 2 nitrogen and oxygen atoms in total. The van der Waals surface area contributed by atoms with Crippen molar-refractivity contribution in [3.8, 4) is 0 Å². The Morgan fingerprint density at radius 1 is 1.47 bits per heavy atom. The molecule has 0 aliphatic carbocycles. The van der Waals surface area contributed by atoms with Crippen molar-refractivity contribution in [3.63, 3.8) is 0 Å². The first kappa shape index (κ1) is 12.7. The van der Waals surface area contributed by atoms with Crippen molar-refractivity contribution in [2.24, 2.45) is 0 Å². The van der Waals surface area contributed by atoms with Gasteiger partial charge in [0.25, 0.3) is 0 Å². The normalized spacial score (nSPS) is 15.2. The minimum atomic E-state index is 0.442. The minimum absolute atomic E-state index is 0.442. The highest BCUT2D eigenvalue weighted by molar-refractivity contribution is 7.10. The summed E-state index contributed by atoms with van der Waals surface area (Å²) in [5, 5.41) is 5.74. The van der Waals surface area contributed by atoms with Crippen molar-refractivity contribution in [2.75, 3.05) is 13.7 Å². The lowest BCUT2D eigenvalue weighted by molar-refractivity contribution is 0.183. The first-order chi connectivity index (χ1) is 7.15. The van der Waals surface area contributed by atoms with Crippen LogP contribution in [-0.4, -0.2) is 19.8 Å². The third-order valence-electron chi connectivity index (χ3n) is 2.58. The highest BCUT2D eigenvalue weighted by atomic mass is 32.1. The van der Waals surface area contributed by atoms with Gasteiger partial charge in [-0.15, -0.1) is 11.3 Å². The molecule has 0 saturated carbocycles. The van der Waals surface area contributed by atoms with Gasteiger partial charge in [-0.1, -0.05) is 0 Å². The third kappa shape index (κ3) is 3.93. The Morgan fingerprint density at radius 3 is 2.73 bits per heavy atom. The van der Waals surface area contributed by atoms with Crippen molar-refractivity contribution in [1.82, 2.24) is 5.32 Å². The van der Waals surface area contributed by atoms with Crippen LogP contribution < -0.4 is 5.32 Å². The van der Waals surface area contributed by atoms with Crippen molar-refractivity contribution < 1.29 is 4.74 Å². The van der Waals surface area contributed by atoms with Gasteiger partial charge in [0.1, 0.15) is 0 Å². The molecule has 0 aliphatic heterocycles. The Labute approximate surface area is 96.7 Å². The molecule has 1 rings (SSSR count). The SMILES string of the molecule is COCCC(C)NC(C)c1sccc1C. The number of rotatable bonds is 6. The van der Waals surface area contributed by atoms with Crippen LogP contribution in [0.25, 0.3) is 0 Å². The van der Waals surface area contributed by atoms with E-state index < -0.39 is 0 Å². The summed E-state index contributed by atoms with van der Waals surface area (Å²) in [5.74, 6) is 0. The summed E-state index contributed by atoms with van der Waals surface area (Å²) in [6.45, 7) is 7.43. The number of aryl methyl sites for hydroxylation is 1. The van der Waals surface area contributed by atoms with E-state index >= 15 is 0 Å². The molecule has 0 amide bonds. The van der Waals surface area contributed by atoms with Gasteiger partial charge < -0.3 is 10.1 Å². The van der Waals surface area contributed by atoms with Crippen LogP contribution in [0.5, 0.6) is 0 Å². The molecule has 86 valence electrons. The summed E-state index contributed by atoms with van der Waals surface area (Å²) in [5.41, 5.74) is 1.39. The lowest BCUT2D eigenvalue weighted by atomic mass is 10.1. The van der Waals surface area contributed by atoms with E-state index in [1.165, 1.54) is 10.4 Å². The zero-order chi connectivity index (χ0) is 11.3. The molecule has 1 heterocycles. The molecule has 1 aromatic rings. The van der Waals surface area contributed by atoms with Gasteiger partial charge in [0.2, 0.25) is 0 Å². The fourth-order valence-electron chi connectivity index (χ4n) is 1.71. The van der Waals surface area contributed by atoms with Crippen LogP contribution in [0.4, 0.5) is 0 Å². The van der Waals surface area contributed by atoms with Crippen LogP contribution in [0.15, 0.2) is 11.4 Å². The van der Waals surface area contributed by atoms with Crippen LogP contribution >= 0.6 is 11.3 Å². The molecule has 0 aromatic carbocycles. The zero-order valence-electron chi connectivity index (χ0n) is 10.0. The predicted octanol–water partition coefficient (Wildman–Crippen LogP) is 3.13. The molecule has 1 N–H and O–H groups in total. The summed E-state index contributed by atoms with van der Waals surface area (Å²) in [4.78, 5) is 1.44. The highest BCUT2D eigenvalue weighted by Crippen LogP contribution is 2.23. The quantitative estimate of drug-likeness (QED) is 0.806. The largest absolute Gasteiger partial charge is 0.385 e. The lowest BCUT2D eigenvalue weighted by Crippen LogP contribution is -2.29. The van der Waals surface area contributed by atoms with E-state index in [2.05, 4.69) is 37.5 Å². The Morgan fingerprint density at radius 2 is 2.20 bits per heavy atom. The number of hydrogen-bond donors (Lipinski definition) is 1. The average molecular weight is 227 g/mol. The number of hydrogen-bond acceptors (Lipinski definition) is 3. The molecule has 0 saturated heterocycles. The minimum Gasteiger partial charge on any atom is -0.385 e. The van der Waals surface area contributed by atoms with E-state index in [1.807, 2.05) is 11.3 Å². The monoisotopic (exact) mass is 227 g/mol. The summed E-state index contributed by atoms with van der Waals surface area (Å²) in [6, 6.07) is 3.12. The maximum absolute atomic E-state index is 5.07. The van der Waals surface area contributed by atoms with E-state index in [4.69, 9.17) is 4.74 Å². The Hall–Kier alpha value is -0.380. The van der Waals surface area contributed by atoms with Crippen molar-refractivity contribution >= 4 is 11.3 Å². The molecule has 2 unspecified atom stereocenters. The second kappa shape index (κ2) is 6.26. The molecule has 0 radical (unpaired) electrons. The molecule has 0 spiro atoms. The summed E-state index contributed by atoms with van der Waals surface area (Å²) in [6.07, 6.45) is 1.06. The van der Waals surface area contributed by atoms with Crippen LogP contribution in [0.3, 0.4) is 0 Å². The molecule has 0 aliphatic rings. The second-order valence-electron chi connectivity index (χ2n) is 4.04. The Bertz CT molecular complexity index is 285. The Balaban J connectivity index is 2.42. The first-order valence-corrected chi connectivity index (χ1v) is 6.32. The van der Waals surface area contributed by atoms with Gasteiger partial charge in [0.15, 0.2) is 0 Å². The molecule has 2 atom stereocenters. The highest BCUT2D eigenvalue weighted by Gasteiger charge is 2.12. The fraction of sp³-hybridized carbons (Fsp3) is 0.667. The van der Waals surface area contributed by atoms with Crippen LogP contribution in [-0.2, 0) is 4.74 Å². The predicted molar refractivity (Wildman–Crippen MR) is 66.6 cm³/mol. The standard InChI is InChI=1S/C12H21NOS/c1-9-6-8-15-12(9)11(3)13-10(2)5-7-14-4/h6,8,10-11,13H,5,7H2,1-4H3. The van der Waals surface area contributed by atoms with E-state index in [0.717, 1.165) is 13.0 Å². The summed E-state index contributed by atoms with van der Waals surface area (Å²) in [7, 11) is 1.75. The van der Waals surface area contributed by atoms with E-state index in [0.29, 0.717) is 12.1 Å². The van der Waals surface area contributed by atoms with E-state index in [1.54, 1.807) is 7.11 Å². The van der Waals surface area contributed by atoms with Gasteiger partial charge in [-0.2, -0.15) is 0 Å². The van der Waals surface area contributed by atoms with Crippen molar-refractivity contribution in [1.29, 1.82) is 0 Å². The van der Waals surface area contributed by atoms with Gasteiger partial charge in [-0.3, -0.25) is 0 Å². The fourth-order valence-corrected chi connectivity index (χ4v) is 2.65. The number of thiophene rings is 1. The zero-order valence-corrected chi connectivity index (χ0v) is 10.9. The smallest absolute Gasteiger partial charge is 0.0476 e. The molecule has 3 heteroatoms. The first-order valence-electron chi connectivity index (χ1n) is 5.44. The van der Waals surface area contributed by atoms with Gasteiger partial charge in [-0.05, 0) is 44.2 Å². The van der Waals surface area contributed by atoms with Crippen LogP contribution in [0.1, 0.15) is 36.8 Å². The van der Waals surface area contributed by atoms with Crippen LogP contribution in [0, 0.1) is 6.92 Å². The van der Waals surface area contributed by atoms with Crippen LogP contribution in [0.2, 0.25) is 0 Å². The molecule has 1 aromatic heterocycles. The Kier molecular flexibility index (Phi) is 5.29. The van der Waals surface area contributed by atoms with E-state index in [-0.39, 0.29) is 0 Å².